The van der Waals surface area contributed by atoms with E-state index >= 15 is 0 Å². The number of β-amino-alcohol motifs (C(OH)–C–C–N with tert-alkyl or cyclic N) is 1. The number of hydrogen-bond donors (Lipinski definition) is 3. The van der Waals surface area contributed by atoms with E-state index in [1.807, 2.05) is 0 Å². The number of hydrogen-bond acceptors (Lipinski definition) is 4. The van der Waals surface area contributed by atoms with Gasteiger partial charge in [0.25, 0.3) is 5.91 Å². The first-order valence-corrected chi connectivity index (χ1v) is 6.38. The molecule has 5 nitrogen and oxygen atoms in total. The fourth-order valence-electron chi connectivity index (χ4n) is 2.06. The molecule has 116 valence electrons. The molecule has 2 atom stereocenters. The van der Waals surface area contributed by atoms with E-state index in [1.165, 1.54) is 12.1 Å². The molecule has 0 aliphatic carbocycles. The Balaban J connectivity index is 1.87. The van der Waals surface area contributed by atoms with Crippen LogP contribution in [0.3, 0.4) is 0 Å². The molecular formula is C13H15F3N2O3. The maximum absolute atomic E-state index is 12.0. The molecule has 2 rings (SSSR count). The standard InChI is InChI=1S/C13H15F3N2O3/c14-13(15,16)21-10-3-1-8(2-4-10)12(20)18-6-9-5-17-7-11(9)19/h1-4,9,11,17,19H,5-7H2,(H,18,20). The van der Waals surface area contributed by atoms with Crippen LogP contribution in [0.15, 0.2) is 24.3 Å². The van der Waals surface area contributed by atoms with Crippen LogP contribution in [0.2, 0.25) is 0 Å². The molecule has 0 radical (unpaired) electrons. The second-order valence-electron chi connectivity index (χ2n) is 4.77. The Hall–Kier alpha value is -1.80. The lowest BCUT2D eigenvalue weighted by atomic mass is 10.1. The van der Waals surface area contributed by atoms with Crippen LogP contribution in [0.4, 0.5) is 13.2 Å². The molecule has 0 bridgehead atoms. The molecule has 0 saturated carbocycles. The summed E-state index contributed by atoms with van der Waals surface area (Å²) >= 11 is 0. The summed E-state index contributed by atoms with van der Waals surface area (Å²) in [6, 6.07) is 4.65. The van der Waals surface area contributed by atoms with Crippen molar-refractivity contribution in [2.45, 2.75) is 12.5 Å². The Morgan fingerprint density at radius 3 is 2.52 bits per heavy atom. The van der Waals surface area contributed by atoms with Gasteiger partial charge in [-0.2, -0.15) is 0 Å². The zero-order valence-corrected chi connectivity index (χ0v) is 11.0. The molecule has 1 aromatic rings. The predicted molar refractivity (Wildman–Crippen MR) is 67.8 cm³/mol. The summed E-state index contributed by atoms with van der Waals surface area (Å²) in [5.74, 6) is -0.857. The lowest BCUT2D eigenvalue weighted by molar-refractivity contribution is -0.274. The SMILES string of the molecule is O=C(NCC1CNCC1O)c1ccc(OC(F)(F)F)cc1. The highest BCUT2D eigenvalue weighted by Crippen LogP contribution is 2.22. The van der Waals surface area contributed by atoms with Crippen LogP contribution in [0, 0.1) is 5.92 Å². The van der Waals surface area contributed by atoms with Gasteiger partial charge in [-0.3, -0.25) is 4.79 Å². The van der Waals surface area contributed by atoms with E-state index < -0.39 is 18.4 Å². The third-order valence-electron chi connectivity index (χ3n) is 3.18. The van der Waals surface area contributed by atoms with Crippen LogP contribution in [0.1, 0.15) is 10.4 Å². The molecule has 1 amide bonds. The van der Waals surface area contributed by atoms with Gasteiger partial charge >= 0.3 is 6.36 Å². The zero-order valence-electron chi connectivity index (χ0n) is 11.0. The number of amides is 1. The summed E-state index contributed by atoms with van der Waals surface area (Å²) in [5.41, 5.74) is 0.227. The van der Waals surface area contributed by atoms with E-state index in [4.69, 9.17) is 0 Å². The second kappa shape index (κ2) is 6.31. The molecule has 21 heavy (non-hydrogen) atoms. The van der Waals surface area contributed by atoms with Gasteiger partial charge < -0.3 is 20.5 Å². The molecule has 1 aromatic carbocycles. The molecule has 8 heteroatoms. The van der Waals surface area contributed by atoms with Crippen LogP contribution >= 0.6 is 0 Å². The number of aliphatic hydroxyl groups excluding tert-OH is 1. The first kappa shape index (κ1) is 15.6. The second-order valence-corrected chi connectivity index (χ2v) is 4.77. The topological polar surface area (TPSA) is 70.6 Å². The van der Waals surface area contributed by atoms with Gasteiger partial charge in [-0.25, -0.2) is 0 Å². The predicted octanol–water partition coefficient (Wildman–Crippen LogP) is 0.895. The van der Waals surface area contributed by atoms with Gasteiger partial charge in [0.2, 0.25) is 0 Å². The fourth-order valence-corrected chi connectivity index (χ4v) is 2.06. The molecule has 1 fully saturated rings. The van der Waals surface area contributed by atoms with Crippen LogP contribution < -0.4 is 15.4 Å². The lowest BCUT2D eigenvalue weighted by Crippen LogP contribution is -2.34. The Bertz CT molecular complexity index is 490. The molecule has 0 spiro atoms. The first-order chi connectivity index (χ1) is 9.85. The molecular weight excluding hydrogens is 289 g/mol. The van der Waals surface area contributed by atoms with Gasteiger partial charge in [0, 0.05) is 31.1 Å². The molecule has 1 heterocycles. The fraction of sp³-hybridized carbons (Fsp3) is 0.462. The number of alkyl halides is 3. The molecule has 3 N–H and O–H groups in total. The van der Waals surface area contributed by atoms with Crippen LogP contribution in [0.5, 0.6) is 5.75 Å². The van der Waals surface area contributed by atoms with E-state index in [-0.39, 0.29) is 17.2 Å². The van der Waals surface area contributed by atoms with Crippen molar-refractivity contribution in [1.82, 2.24) is 10.6 Å². The minimum atomic E-state index is -4.75. The number of ether oxygens (including phenoxy) is 1. The summed E-state index contributed by atoms with van der Waals surface area (Å²) in [6.07, 6.45) is -5.26. The van der Waals surface area contributed by atoms with Gasteiger partial charge in [-0.05, 0) is 24.3 Å². The Morgan fingerprint density at radius 2 is 2.00 bits per heavy atom. The van der Waals surface area contributed by atoms with E-state index in [0.717, 1.165) is 12.1 Å². The minimum Gasteiger partial charge on any atom is -0.406 e. The number of halogens is 3. The number of carbonyl (C=O) groups is 1. The Morgan fingerprint density at radius 1 is 1.33 bits per heavy atom. The molecule has 0 aromatic heterocycles. The third kappa shape index (κ3) is 4.61. The van der Waals surface area contributed by atoms with Crippen molar-refractivity contribution < 1.29 is 27.8 Å². The van der Waals surface area contributed by atoms with Crippen molar-refractivity contribution in [2.75, 3.05) is 19.6 Å². The minimum absolute atomic E-state index is 0.0678. The van der Waals surface area contributed by atoms with Crippen molar-refractivity contribution in [3.8, 4) is 5.75 Å². The quantitative estimate of drug-likeness (QED) is 0.773. The average Bonchev–Trinajstić information content (AvgIpc) is 2.80. The van der Waals surface area contributed by atoms with Crippen molar-refractivity contribution in [1.29, 1.82) is 0 Å². The van der Waals surface area contributed by atoms with Crippen LogP contribution in [-0.2, 0) is 0 Å². The number of rotatable bonds is 4. The zero-order chi connectivity index (χ0) is 15.5. The molecule has 1 saturated heterocycles. The smallest absolute Gasteiger partial charge is 0.406 e. The molecule has 1 aliphatic heterocycles. The Labute approximate surface area is 119 Å². The first-order valence-electron chi connectivity index (χ1n) is 6.38. The van der Waals surface area contributed by atoms with Gasteiger partial charge in [0.05, 0.1) is 6.10 Å². The highest BCUT2D eigenvalue weighted by Gasteiger charge is 2.31. The van der Waals surface area contributed by atoms with Crippen molar-refractivity contribution >= 4 is 5.91 Å². The lowest BCUT2D eigenvalue weighted by Gasteiger charge is -2.14. The largest absolute Gasteiger partial charge is 0.573 e. The highest BCUT2D eigenvalue weighted by atomic mass is 19.4. The van der Waals surface area contributed by atoms with E-state index in [9.17, 15) is 23.1 Å². The van der Waals surface area contributed by atoms with E-state index in [2.05, 4.69) is 15.4 Å². The summed E-state index contributed by atoms with van der Waals surface area (Å²) in [4.78, 5) is 11.8. The molecule has 1 aliphatic rings. The normalized spacial score (nSPS) is 22.1. The van der Waals surface area contributed by atoms with E-state index in [1.54, 1.807) is 0 Å². The van der Waals surface area contributed by atoms with E-state index in [0.29, 0.717) is 19.6 Å². The summed E-state index contributed by atoms with van der Waals surface area (Å²) in [7, 11) is 0. The van der Waals surface area contributed by atoms with Gasteiger partial charge in [-0.1, -0.05) is 0 Å². The van der Waals surface area contributed by atoms with Crippen molar-refractivity contribution in [3.63, 3.8) is 0 Å². The highest BCUT2D eigenvalue weighted by molar-refractivity contribution is 5.94. The summed E-state index contributed by atoms with van der Waals surface area (Å²) in [6.45, 7) is 1.40. The van der Waals surface area contributed by atoms with Crippen LogP contribution in [-0.4, -0.2) is 43.1 Å². The number of nitrogens with one attached hydrogen (secondary N) is 2. The number of aliphatic hydroxyl groups is 1. The molecule has 2 unspecified atom stereocenters. The van der Waals surface area contributed by atoms with Crippen molar-refractivity contribution in [3.05, 3.63) is 29.8 Å². The van der Waals surface area contributed by atoms with Gasteiger partial charge in [0.1, 0.15) is 5.75 Å². The number of benzene rings is 1. The Kier molecular flexibility index (Phi) is 4.69. The summed E-state index contributed by atoms with van der Waals surface area (Å²) < 4.78 is 39.7. The maximum Gasteiger partial charge on any atom is 0.573 e. The van der Waals surface area contributed by atoms with Gasteiger partial charge in [0.15, 0.2) is 0 Å². The van der Waals surface area contributed by atoms with Crippen molar-refractivity contribution in [2.24, 2.45) is 5.92 Å². The third-order valence-corrected chi connectivity index (χ3v) is 3.18. The maximum atomic E-state index is 12.0. The van der Waals surface area contributed by atoms with Crippen LogP contribution in [0.25, 0.3) is 0 Å². The average molecular weight is 304 g/mol. The monoisotopic (exact) mass is 304 g/mol. The van der Waals surface area contributed by atoms with Gasteiger partial charge in [-0.15, -0.1) is 13.2 Å². The summed E-state index contributed by atoms with van der Waals surface area (Å²) in [5, 5.41) is 15.2. The number of carbonyl (C=O) groups excluding carboxylic acids is 1.